The van der Waals surface area contributed by atoms with Gasteiger partial charge in [-0.3, -0.25) is 9.88 Å². The average Bonchev–Trinajstić information content (AvgIpc) is 3.38. The van der Waals surface area contributed by atoms with Gasteiger partial charge in [0.1, 0.15) is 28.9 Å². The second-order valence-corrected chi connectivity index (χ2v) is 9.94. The Morgan fingerprint density at radius 3 is 2.45 bits per heavy atom. The lowest BCUT2D eigenvalue weighted by atomic mass is 9.98. The van der Waals surface area contributed by atoms with Gasteiger partial charge < -0.3 is 15.1 Å². The molecule has 0 radical (unpaired) electrons. The monoisotopic (exact) mass is 527 g/mol. The largest absolute Gasteiger partial charge is 0.387 e. The molecule has 0 spiro atoms. The Hall–Kier alpha value is -3.61. The van der Waals surface area contributed by atoms with Gasteiger partial charge in [-0.25, -0.2) is 27.8 Å². The van der Waals surface area contributed by atoms with E-state index in [1.807, 2.05) is 4.90 Å². The Morgan fingerprint density at radius 2 is 1.79 bits per heavy atom. The molecule has 2 N–H and O–H groups in total. The van der Waals surface area contributed by atoms with Gasteiger partial charge in [0.05, 0.1) is 29.2 Å². The fourth-order valence-electron chi connectivity index (χ4n) is 4.45. The molecule has 1 atom stereocenters. The Morgan fingerprint density at radius 1 is 1.03 bits per heavy atom. The Balaban J connectivity index is 1.45. The summed E-state index contributed by atoms with van der Waals surface area (Å²) in [5.74, 6) is -0.603. The smallest absolute Gasteiger partial charge is 0.181 e. The van der Waals surface area contributed by atoms with E-state index in [0.717, 1.165) is 10.7 Å². The van der Waals surface area contributed by atoms with Crippen LogP contribution in [0.25, 0.3) is 22.3 Å². The third-order valence-electron chi connectivity index (χ3n) is 6.61. The molecule has 9 nitrogen and oxygen atoms in total. The number of piperazine rings is 1. The number of nitrogens with zero attached hydrogens (tertiary/aromatic N) is 7. The highest BCUT2D eigenvalue weighted by Crippen LogP contribution is 2.32. The Kier molecular flexibility index (Phi) is 7.03. The summed E-state index contributed by atoms with van der Waals surface area (Å²) < 4.78 is 41.8. The lowest BCUT2D eigenvalue weighted by molar-refractivity contribution is -0.0516. The predicted molar refractivity (Wildman–Crippen MR) is 135 cm³/mol. The molecular formula is C26H28F3N7O2. The SMILES string of the molecule is CC(C)(O)[C@H](O)c1cc2nc(-c3cnn(CF)c3)c(N3CCN(Cc4ccc(F)cc4F)CC3)nc2cn1. The number of aromatic nitrogens is 5. The maximum absolute atomic E-state index is 14.1. The first-order valence-electron chi connectivity index (χ1n) is 12.2. The third-order valence-corrected chi connectivity index (χ3v) is 6.61. The van der Waals surface area contributed by atoms with E-state index in [-0.39, 0.29) is 5.69 Å². The molecule has 38 heavy (non-hydrogen) atoms. The zero-order valence-corrected chi connectivity index (χ0v) is 21.0. The quantitative estimate of drug-likeness (QED) is 0.378. The molecule has 0 saturated carbocycles. The van der Waals surface area contributed by atoms with E-state index in [1.54, 1.807) is 12.3 Å². The minimum atomic E-state index is -1.41. The predicted octanol–water partition coefficient (Wildman–Crippen LogP) is 3.22. The van der Waals surface area contributed by atoms with Gasteiger partial charge in [0.25, 0.3) is 0 Å². The highest BCUT2D eigenvalue weighted by Gasteiger charge is 2.29. The van der Waals surface area contributed by atoms with Gasteiger partial charge in [-0.05, 0) is 26.0 Å². The first-order valence-corrected chi connectivity index (χ1v) is 12.2. The highest BCUT2D eigenvalue weighted by atomic mass is 19.1. The molecule has 4 heterocycles. The summed E-state index contributed by atoms with van der Waals surface area (Å²) in [7, 11) is 0. The number of alkyl halides is 1. The van der Waals surface area contributed by atoms with Crippen LogP contribution < -0.4 is 4.90 Å². The van der Waals surface area contributed by atoms with Gasteiger partial charge in [0, 0.05) is 56.1 Å². The topological polar surface area (TPSA) is 103 Å². The standard InChI is InChI=1S/C26H28F3N7O2/c1-26(2,38)24(37)21-10-20-22(12-30-21)33-25(23(32-20)17-11-31-36(14-17)15-27)35-7-5-34(6-8-35)13-16-3-4-18(28)9-19(16)29/h3-4,9-12,14,24,37-38H,5-8,13,15H2,1-2H3/t24-/m1/s1. The second kappa shape index (κ2) is 10.3. The van der Waals surface area contributed by atoms with E-state index >= 15 is 0 Å². The Labute approximate surface area is 217 Å². The molecule has 4 aromatic rings. The van der Waals surface area contributed by atoms with Crippen LogP contribution in [0.1, 0.15) is 31.2 Å². The number of aliphatic hydroxyl groups is 2. The Bertz CT molecular complexity index is 1450. The van der Waals surface area contributed by atoms with Crippen LogP contribution in [0.3, 0.4) is 0 Å². The zero-order valence-electron chi connectivity index (χ0n) is 21.0. The van der Waals surface area contributed by atoms with Crippen molar-refractivity contribution in [2.24, 2.45) is 0 Å². The maximum atomic E-state index is 14.1. The van der Waals surface area contributed by atoms with Crippen molar-refractivity contribution in [3.63, 3.8) is 0 Å². The second-order valence-electron chi connectivity index (χ2n) is 9.94. The number of benzene rings is 1. The molecule has 1 fully saturated rings. The summed E-state index contributed by atoms with van der Waals surface area (Å²) >= 11 is 0. The minimum Gasteiger partial charge on any atom is -0.387 e. The number of hydrogen-bond acceptors (Lipinski definition) is 8. The molecule has 0 aliphatic carbocycles. The fraction of sp³-hybridized carbons (Fsp3) is 0.385. The number of pyridine rings is 1. The van der Waals surface area contributed by atoms with Gasteiger partial charge >= 0.3 is 0 Å². The molecule has 1 aliphatic rings. The third kappa shape index (κ3) is 5.33. The summed E-state index contributed by atoms with van der Waals surface area (Å²) in [5, 5.41) is 24.7. The number of aliphatic hydroxyl groups excluding tert-OH is 1. The molecule has 1 aliphatic heterocycles. The number of fused-ring (bicyclic) bond motifs is 1. The van der Waals surface area contributed by atoms with Crippen molar-refractivity contribution in [3.05, 3.63) is 65.7 Å². The molecule has 1 saturated heterocycles. The average molecular weight is 528 g/mol. The van der Waals surface area contributed by atoms with E-state index in [2.05, 4.69) is 15.0 Å². The van der Waals surface area contributed by atoms with Crippen molar-refractivity contribution in [2.45, 2.75) is 38.9 Å². The van der Waals surface area contributed by atoms with Gasteiger partial charge in [-0.15, -0.1) is 0 Å². The van der Waals surface area contributed by atoms with Crippen LogP contribution in [-0.2, 0) is 13.3 Å². The van der Waals surface area contributed by atoms with Crippen molar-refractivity contribution >= 4 is 16.9 Å². The van der Waals surface area contributed by atoms with Gasteiger partial charge in [-0.2, -0.15) is 5.10 Å². The van der Waals surface area contributed by atoms with Crippen molar-refractivity contribution < 1.29 is 23.4 Å². The summed E-state index contributed by atoms with van der Waals surface area (Å²) in [6.07, 6.45) is 3.32. The van der Waals surface area contributed by atoms with Crippen LogP contribution in [-0.4, -0.2) is 71.6 Å². The molecule has 0 amide bonds. The van der Waals surface area contributed by atoms with Crippen molar-refractivity contribution in [3.8, 4) is 11.3 Å². The van der Waals surface area contributed by atoms with Crippen LogP contribution in [0.5, 0.6) is 0 Å². The molecule has 200 valence electrons. The number of halogens is 3. The van der Waals surface area contributed by atoms with Crippen LogP contribution in [0.4, 0.5) is 19.0 Å². The molecule has 1 aromatic carbocycles. The molecule has 3 aromatic heterocycles. The minimum absolute atomic E-state index is 0.249. The van der Waals surface area contributed by atoms with Crippen molar-refractivity contribution in [1.29, 1.82) is 0 Å². The zero-order chi connectivity index (χ0) is 27.0. The van der Waals surface area contributed by atoms with Crippen LogP contribution in [0.15, 0.2) is 42.9 Å². The van der Waals surface area contributed by atoms with E-state index < -0.39 is 30.1 Å². The van der Waals surface area contributed by atoms with Crippen LogP contribution >= 0.6 is 0 Å². The molecule has 12 heteroatoms. The van der Waals surface area contributed by atoms with E-state index in [9.17, 15) is 23.4 Å². The molecule has 0 unspecified atom stereocenters. The first-order chi connectivity index (χ1) is 18.1. The number of hydrogen-bond donors (Lipinski definition) is 2. The molecule has 5 rings (SSSR count). The molecular weight excluding hydrogens is 499 g/mol. The van der Waals surface area contributed by atoms with Gasteiger partial charge in [0.2, 0.25) is 0 Å². The van der Waals surface area contributed by atoms with E-state index in [0.29, 0.717) is 66.4 Å². The van der Waals surface area contributed by atoms with Gasteiger partial charge in [-0.1, -0.05) is 6.07 Å². The lowest BCUT2D eigenvalue weighted by Gasteiger charge is -2.36. The van der Waals surface area contributed by atoms with Crippen molar-refractivity contribution in [1.82, 2.24) is 29.6 Å². The summed E-state index contributed by atoms with van der Waals surface area (Å²) in [6, 6.07) is 5.18. The summed E-state index contributed by atoms with van der Waals surface area (Å²) in [5.41, 5.74) is 1.28. The molecule has 0 bridgehead atoms. The van der Waals surface area contributed by atoms with Crippen molar-refractivity contribution in [2.75, 3.05) is 31.1 Å². The summed E-state index contributed by atoms with van der Waals surface area (Å²) in [6.45, 7) is 4.88. The van der Waals surface area contributed by atoms with E-state index in [4.69, 9.17) is 9.97 Å². The number of anilines is 1. The number of rotatable bonds is 7. The van der Waals surface area contributed by atoms with E-state index in [1.165, 1.54) is 38.4 Å². The van der Waals surface area contributed by atoms with Crippen LogP contribution in [0.2, 0.25) is 0 Å². The first kappa shape index (κ1) is 26.0. The van der Waals surface area contributed by atoms with Crippen LogP contribution in [0, 0.1) is 11.6 Å². The normalized spacial score (nSPS) is 15.8. The summed E-state index contributed by atoms with van der Waals surface area (Å²) in [4.78, 5) is 18.0. The highest BCUT2D eigenvalue weighted by molar-refractivity contribution is 5.83. The lowest BCUT2D eigenvalue weighted by Crippen LogP contribution is -2.46. The fourth-order valence-corrected chi connectivity index (χ4v) is 4.45. The maximum Gasteiger partial charge on any atom is 0.181 e. The van der Waals surface area contributed by atoms with Gasteiger partial charge in [0.15, 0.2) is 12.6 Å².